The van der Waals surface area contributed by atoms with E-state index in [1.807, 2.05) is 25.1 Å². The number of hydrogen-bond acceptors (Lipinski definition) is 6. The lowest BCUT2D eigenvalue weighted by Gasteiger charge is -2.36. The number of aromatic nitrogens is 2. The van der Waals surface area contributed by atoms with Gasteiger partial charge in [-0.15, -0.1) is 0 Å². The van der Waals surface area contributed by atoms with E-state index in [0.29, 0.717) is 11.6 Å². The number of aryl methyl sites for hydroxylation is 1. The summed E-state index contributed by atoms with van der Waals surface area (Å²) in [5.74, 6) is 2.15. The van der Waals surface area contributed by atoms with E-state index in [1.165, 1.54) is 26.4 Å². The molecule has 1 aliphatic heterocycles. The highest BCUT2D eigenvalue weighted by molar-refractivity contribution is 5.89. The van der Waals surface area contributed by atoms with Crippen molar-refractivity contribution in [1.82, 2.24) is 9.97 Å². The van der Waals surface area contributed by atoms with Crippen molar-refractivity contribution in [3.05, 3.63) is 41.7 Å². The number of methoxy groups -OCH3 is 1. The summed E-state index contributed by atoms with van der Waals surface area (Å²) in [6.07, 6.45) is 4.84. The minimum Gasteiger partial charge on any atom is -0.465 e. The fraction of sp³-hybridized carbons (Fsp3) is 0.450. The van der Waals surface area contributed by atoms with E-state index in [1.54, 1.807) is 12.1 Å². The van der Waals surface area contributed by atoms with Crippen LogP contribution in [0.3, 0.4) is 0 Å². The zero-order valence-electron chi connectivity index (χ0n) is 15.7. The quantitative estimate of drug-likeness (QED) is 0.816. The number of anilines is 3. The fourth-order valence-corrected chi connectivity index (χ4v) is 3.45. The summed E-state index contributed by atoms with van der Waals surface area (Å²) in [5, 5.41) is 3.31. The summed E-state index contributed by atoms with van der Waals surface area (Å²) in [5.41, 5.74) is 1.39. The van der Waals surface area contributed by atoms with Crippen molar-refractivity contribution in [1.29, 1.82) is 0 Å². The predicted molar refractivity (Wildman–Crippen MR) is 103 cm³/mol. The second-order valence-corrected chi connectivity index (χ2v) is 6.60. The Hall–Kier alpha value is -2.63. The van der Waals surface area contributed by atoms with E-state index >= 15 is 0 Å². The third-order valence-corrected chi connectivity index (χ3v) is 4.80. The topological polar surface area (TPSA) is 67.4 Å². The third-order valence-electron chi connectivity index (χ3n) is 4.80. The molecule has 6 nitrogen and oxygen atoms in total. The zero-order chi connectivity index (χ0) is 18.5. The first-order valence-electron chi connectivity index (χ1n) is 9.18. The van der Waals surface area contributed by atoms with Gasteiger partial charge < -0.3 is 15.0 Å². The first-order valence-corrected chi connectivity index (χ1v) is 9.18. The normalized spacial score (nSPS) is 17.0. The summed E-state index contributed by atoms with van der Waals surface area (Å²) in [6, 6.07) is 9.72. The number of carbonyl (C=O) groups excluding carboxylic acids is 1. The van der Waals surface area contributed by atoms with Gasteiger partial charge in [0.25, 0.3) is 0 Å². The molecule has 0 spiro atoms. The van der Waals surface area contributed by atoms with Crippen molar-refractivity contribution >= 4 is 23.3 Å². The second kappa shape index (κ2) is 8.17. The van der Waals surface area contributed by atoms with Gasteiger partial charge in [0, 0.05) is 24.3 Å². The molecule has 3 rings (SSSR count). The van der Waals surface area contributed by atoms with Gasteiger partial charge in [-0.1, -0.05) is 6.92 Å². The molecule has 0 amide bonds. The van der Waals surface area contributed by atoms with Crippen molar-refractivity contribution in [3.8, 4) is 0 Å². The van der Waals surface area contributed by atoms with Gasteiger partial charge in [-0.3, -0.25) is 0 Å². The smallest absolute Gasteiger partial charge is 0.337 e. The largest absolute Gasteiger partial charge is 0.465 e. The lowest BCUT2D eigenvalue weighted by molar-refractivity contribution is 0.0601. The molecule has 2 heterocycles. The van der Waals surface area contributed by atoms with Crippen LogP contribution in [-0.2, 0) is 4.74 Å². The number of hydrogen-bond donors (Lipinski definition) is 1. The molecule has 1 atom stereocenters. The Kier molecular flexibility index (Phi) is 5.71. The number of ether oxygens (including phenoxy) is 1. The number of rotatable bonds is 5. The van der Waals surface area contributed by atoms with Gasteiger partial charge in [-0.2, -0.15) is 0 Å². The summed E-state index contributed by atoms with van der Waals surface area (Å²) < 4.78 is 4.73. The van der Waals surface area contributed by atoms with Crippen LogP contribution < -0.4 is 10.2 Å². The van der Waals surface area contributed by atoms with Gasteiger partial charge in [0.1, 0.15) is 17.5 Å². The van der Waals surface area contributed by atoms with Gasteiger partial charge in [-0.25, -0.2) is 14.8 Å². The van der Waals surface area contributed by atoms with E-state index in [0.717, 1.165) is 36.1 Å². The van der Waals surface area contributed by atoms with Gasteiger partial charge in [0.15, 0.2) is 0 Å². The standard InChI is InChI=1S/C20H26N4O2/c1-4-17-7-5-6-12-24(17)19-13-18(21-14(2)22-19)23-16-10-8-15(9-11-16)20(25)26-3/h8-11,13,17H,4-7,12H2,1-3H3,(H,21,22,23). The molecule has 1 aliphatic rings. The second-order valence-electron chi connectivity index (χ2n) is 6.60. The van der Waals surface area contributed by atoms with E-state index in [2.05, 4.69) is 27.1 Å². The molecule has 26 heavy (non-hydrogen) atoms. The molecule has 0 radical (unpaired) electrons. The number of piperidine rings is 1. The minimum absolute atomic E-state index is 0.340. The molecule has 0 bridgehead atoms. The number of nitrogens with one attached hydrogen (secondary N) is 1. The van der Waals surface area contributed by atoms with Gasteiger partial charge in [0.05, 0.1) is 12.7 Å². The molecule has 138 valence electrons. The van der Waals surface area contributed by atoms with Crippen LogP contribution in [0.1, 0.15) is 48.8 Å². The van der Waals surface area contributed by atoms with Crippen LogP contribution in [0.25, 0.3) is 0 Å². The number of esters is 1. The molecule has 6 heteroatoms. The van der Waals surface area contributed by atoms with Crippen molar-refractivity contribution in [2.45, 2.75) is 45.6 Å². The first-order chi connectivity index (χ1) is 12.6. The molecular weight excluding hydrogens is 328 g/mol. The van der Waals surface area contributed by atoms with E-state index in [-0.39, 0.29) is 5.97 Å². The maximum Gasteiger partial charge on any atom is 0.337 e. The Labute approximate surface area is 154 Å². The molecule has 0 saturated carbocycles. The molecule has 1 fully saturated rings. The predicted octanol–water partition coefficient (Wildman–Crippen LogP) is 4.08. The molecule has 0 aliphatic carbocycles. The van der Waals surface area contributed by atoms with Crippen molar-refractivity contribution in [2.75, 3.05) is 23.9 Å². The van der Waals surface area contributed by atoms with Crippen LogP contribution in [0.15, 0.2) is 30.3 Å². The summed E-state index contributed by atoms with van der Waals surface area (Å²) in [7, 11) is 1.38. The fourth-order valence-electron chi connectivity index (χ4n) is 3.45. The highest BCUT2D eigenvalue weighted by Gasteiger charge is 2.22. The molecule has 1 saturated heterocycles. The average molecular weight is 354 g/mol. The highest BCUT2D eigenvalue weighted by atomic mass is 16.5. The van der Waals surface area contributed by atoms with E-state index < -0.39 is 0 Å². The Morgan fingerprint density at radius 1 is 1.27 bits per heavy atom. The molecule has 1 aromatic heterocycles. The van der Waals surface area contributed by atoms with Crippen molar-refractivity contribution in [2.24, 2.45) is 0 Å². The number of carbonyl (C=O) groups is 1. The maximum absolute atomic E-state index is 11.5. The SMILES string of the molecule is CCC1CCCCN1c1cc(Nc2ccc(C(=O)OC)cc2)nc(C)n1. The average Bonchev–Trinajstić information content (AvgIpc) is 2.67. The number of nitrogens with zero attached hydrogens (tertiary/aromatic N) is 3. The van der Waals surface area contributed by atoms with Crippen LogP contribution >= 0.6 is 0 Å². The van der Waals surface area contributed by atoms with Crippen molar-refractivity contribution in [3.63, 3.8) is 0 Å². The number of benzene rings is 1. The van der Waals surface area contributed by atoms with Gasteiger partial charge >= 0.3 is 5.97 Å². The van der Waals surface area contributed by atoms with Crippen LogP contribution in [-0.4, -0.2) is 35.6 Å². The maximum atomic E-state index is 11.5. The summed E-state index contributed by atoms with van der Waals surface area (Å²) in [4.78, 5) is 23.1. The van der Waals surface area contributed by atoms with Crippen LogP contribution in [0.2, 0.25) is 0 Å². The third kappa shape index (κ3) is 4.12. The first kappa shape index (κ1) is 18.2. The van der Waals surface area contributed by atoms with Crippen molar-refractivity contribution < 1.29 is 9.53 Å². The highest BCUT2D eigenvalue weighted by Crippen LogP contribution is 2.27. The van der Waals surface area contributed by atoms with Crippen LogP contribution in [0, 0.1) is 6.92 Å². The monoisotopic (exact) mass is 354 g/mol. The van der Waals surface area contributed by atoms with Crippen LogP contribution in [0.4, 0.5) is 17.3 Å². The summed E-state index contributed by atoms with van der Waals surface area (Å²) in [6.45, 7) is 5.20. The zero-order valence-corrected chi connectivity index (χ0v) is 15.7. The van der Waals surface area contributed by atoms with E-state index in [4.69, 9.17) is 4.74 Å². The Bertz CT molecular complexity index is 761. The molecule has 1 unspecified atom stereocenters. The molecular formula is C20H26N4O2. The lowest BCUT2D eigenvalue weighted by atomic mass is 10.00. The Morgan fingerprint density at radius 3 is 2.73 bits per heavy atom. The molecule has 2 aromatic rings. The van der Waals surface area contributed by atoms with Crippen LogP contribution in [0.5, 0.6) is 0 Å². The molecule has 1 aromatic carbocycles. The Balaban J connectivity index is 1.80. The minimum atomic E-state index is -0.340. The van der Waals surface area contributed by atoms with Gasteiger partial charge in [0.2, 0.25) is 0 Å². The summed E-state index contributed by atoms with van der Waals surface area (Å²) >= 11 is 0. The van der Waals surface area contributed by atoms with Gasteiger partial charge in [-0.05, 0) is 56.9 Å². The van der Waals surface area contributed by atoms with E-state index in [9.17, 15) is 4.79 Å². The lowest BCUT2D eigenvalue weighted by Crippen LogP contribution is -2.39. The Morgan fingerprint density at radius 2 is 2.04 bits per heavy atom. The molecule has 1 N–H and O–H groups in total.